The number of ether oxygens (including phenoxy) is 1. The predicted molar refractivity (Wildman–Crippen MR) is 101 cm³/mol. The molecule has 0 atom stereocenters. The molecule has 0 radical (unpaired) electrons. The van der Waals surface area contributed by atoms with E-state index in [1.165, 1.54) is 6.07 Å². The van der Waals surface area contributed by atoms with E-state index < -0.39 is 10.0 Å². The van der Waals surface area contributed by atoms with Gasteiger partial charge in [0.05, 0.1) is 11.5 Å². The second-order valence-corrected chi connectivity index (χ2v) is 8.26. The smallest absolute Gasteiger partial charge is 0.251 e. The third-order valence-electron chi connectivity index (χ3n) is 4.49. The van der Waals surface area contributed by atoms with Crippen molar-refractivity contribution in [1.82, 2.24) is 15.4 Å². The highest BCUT2D eigenvalue weighted by Gasteiger charge is 2.25. The second-order valence-electron chi connectivity index (χ2n) is 6.58. The van der Waals surface area contributed by atoms with Gasteiger partial charge < -0.3 is 15.4 Å². The first kappa shape index (κ1) is 20.8. The molecule has 1 amide bonds. The number of sulfonamides is 1. The molecule has 26 heavy (non-hydrogen) atoms. The molecule has 1 saturated carbocycles. The molecule has 7 nitrogen and oxygen atoms in total. The van der Waals surface area contributed by atoms with E-state index in [1.54, 1.807) is 26.2 Å². The van der Waals surface area contributed by atoms with E-state index in [0.717, 1.165) is 25.7 Å². The van der Waals surface area contributed by atoms with E-state index in [2.05, 4.69) is 15.4 Å². The highest BCUT2D eigenvalue weighted by atomic mass is 32.2. The van der Waals surface area contributed by atoms with Gasteiger partial charge in [-0.1, -0.05) is 18.9 Å². The SMILES string of the molecule is COCCNCCNC(=O)c1ccc(C)c(S(=O)(=O)NC2CCCC2)c1. The molecule has 0 unspecified atom stereocenters. The number of methoxy groups -OCH3 is 1. The number of carbonyl (C=O) groups excluding carboxylic acids is 1. The third-order valence-corrected chi connectivity index (χ3v) is 6.15. The van der Waals surface area contributed by atoms with Gasteiger partial charge in [-0.25, -0.2) is 13.1 Å². The van der Waals surface area contributed by atoms with Crippen LogP contribution in [-0.4, -0.2) is 53.7 Å². The molecule has 1 fully saturated rings. The molecular weight excluding hydrogens is 354 g/mol. The maximum Gasteiger partial charge on any atom is 0.251 e. The van der Waals surface area contributed by atoms with Crippen LogP contribution in [0.15, 0.2) is 23.1 Å². The molecule has 0 aliphatic heterocycles. The lowest BCUT2D eigenvalue weighted by Crippen LogP contribution is -2.34. The summed E-state index contributed by atoms with van der Waals surface area (Å²) in [5.74, 6) is -0.282. The first-order chi connectivity index (χ1) is 12.4. The summed E-state index contributed by atoms with van der Waals surface area (Å²) in [5, 5.41) is 5.92. The van der Waals surface area contributed by atoms with Gasteiger partial charge in [-0.2, -0.15) is 0 Å². The van der Waals surface area contributed by atoms with E-state index >= 15 is 0 Å². The first-order valence-electron chi connectivity index (χ1n) is 9.05. The molecule has 1 aliphatic carbocycles. The number of amides is 1. The van der Waals surface area contributed by atoms with Crippen molar-refractivity contribution in [3.8, 4) is 0 Å². The summed E-state index contributed by atoms with van der Waals surface area (Å²) < 4.78 is 33.1. The molecule has 0 saturated heterocycles. The van der Waals surface area contributed by atoms with E-state index in [4.69, 9.17) is 4.74 Å². The second kappa shape index (κ2) is 10.0. The van der Waals surface area contributed by atoms with E-state index in [-0.39, 0.29) is 16.8 Å². The van der Waals surface area contributed by atoms with Gasteiger partial charge in [-0.3, -0.25) is 4.79 Å². The van der Waals surface area contributed by atoms with Gasteiger partial charge in [0.25, 0.3) is 5.91 Å². The van der Waals surface area contributed by atoms with Crippen LogP contribution < -0.4 is 15.4 Å². The molecule has 3 N–H and O–H groups in total. The Balaban J connectivity index is 1.98. The first-order valence-corrected chi connectivity index (χ1v) is 10.5. The van der Waals surface area contributed by atoms with Crippen molar-refractivity contribution in [3.63, 3.8) is 0 Å². The number of carbonyl (C=O) groups is 1. The lowest BCUT2D eigenvalue weighted by molar-refractivity contribution is 0.0953. The van der Waals surface area contributed by atoms with Crippen LogP contribution in [0.1, 0.15) is 41.6 Å². The van der Waals surface area contributed by atoms with Gasteiger partial charge in [0.1, 0.15) is 0 Å². The summed E-state index contributed by atoms with van der Waals surface area (Å²) in [4.78, 5) is 12.5. The molecule has 1 aromatic rings. The summed E-state index contributed by atoms with van der Waals surface area (Å²) in [6.45, 7) is 4.14. The maximum absolute atomic E-state index is 12.7. The Morgan fingerprint density at radius 1 is 1.19 bits per heavy atom. The van der Waals surface area contributed by atoms with Crippen molar-refractivity contribution in [2.75, 3.05) is 33.4 Å². The van der Waals surface area contributed by atoms with Crippen LogP contribution >= 0.6 is 0 Å². The number of hydrogen-bond donors (Lipinski definition) is 3. The molecule has 0 bridgehead atoms. The highest BCUT2D eigenvalue weighted by Crippen LogP contribution is 2.22. The van der Waals surface area contributed by atoms with Gasteiger partial charge in [-0.15, -0.1) is 0 Å². The number of benzene rings is 1. The fraction of sp³-hybridized carbons (Fsp3) is 0.611. The average Bonchev–Trinajstić information content (AvgIpc) is 3.10. The number of nitrogens with one attached hydrogen (secondary N) is 3. The molecular formula is C18H29N3O4S. The lowest BCUT2D eigenvalue weighted by Gasteiger charge is -2.15. The van der Waals surface area contributed by atoms with Gasteiger partial charge in [-0.05, 0) is 37.5 Å². The van der Waals surface area contributed by atoms with E-state index in [1.807, 2.05) is 0 Å². The van der Waals surface area contributed by atoms with Crippen molar-refractivity contribution in [3.05, 3.63) is 29.3 Å². The van der Waals surface area contributed by atoms with Crippen molar-refractivity contribution >= 4 is 15.9 Å². The Labute approximate surface area is 155 Å². The zero-order valence-electron chi connectivity index (χ0n) is 15.5. The monoisotopic (exact) mass is 383 g/mol. The van der Waals surface area contributed by atoms with Crippen LogP contribution in [0.2, 0.25) is 0 Å². The Morgan fingerprint density at radius 2 is 1.92 bits per heavy atom. The van der Waals surface area contributed by atoms with Crippen molar-refractivity contribution in [2.45, 2.75) is 43.5 Å². The molecule has 8 heteroatoms. The number of rotatable bonds is 10. The fourth-order valence-corrected chi connectivity index (χ4v) is 4.60. The van der Waals surface area contributed by atoms with Gasteiger partial charge in [0.2, 0.25) is 10.0 Å². The Bertz CT molecular complexity index is 700. The number of hydrogen-bond acceptors (Lipinski definition) is 5. The van der Waals surface area contributed by atoms with E-state index in [9.17, 15) is 13.2 Å². The summed E-state index contributed by atoms with van der Waals surface area (Å²) >= 11 is 0. The van der Waals surface area contributed by atoms with Crippen molar-refractivity contribution in [1.29, 1.82) is 0 Å². The molecule has 146 valence electrons. The topological polar surface area (TPSA) is 96.5 Å². The predicted octanol–water partition coefficient (Wildman–Crippen LogP) is 1.18. The summed E-state index contributed by atoms with van der Waals surface area (Å²) in [7, 11) is -1.99. The Kier molecular flexibility index (Phi) is 8.02. The van der Waals surface area contributed by atoms with E-state index in [0.29, 0.717) is 37.4 Å². The molecule has 0 aromatic heterocycles. The van der Waals surface area contributed by atoms with Crippen LogP contribution in [-0.2, 0) is 14.8 Å². The highest BCUT2D eigenvalue weighted by molar-refractivity contribution is 7.89. The van der Waals surface area contributed by atoms with Gasteiger partial charge in [0.15, 0.2) is 0 Å². The zero-order valence-corrected chi connectivity index (χ0v) is 16.3. The van der Waals surface area contributed by atoms with Crippen LogP contribution in [0, 0.1) is 6.92 Å². The summed E-state index contributed by atoms with van der Waals surface area (Å²) in [5.41, 5.74) is 0.979. The minimum atomic E-state index is -3.62. The van der Waals surface area contributed by atoms with Gasteiger partial charge in [0, 0.05) is 38.3 Å². The average molecular weight is 384 g/mol. The van der Waals surface area contributed by atoms with Crippen LogP contribution in [0.4, 0.5) is 0 Å². The normalized spacial score (nSPS) is 15.3. The maximum atomic E-state index is 12.7. The largest absolute Gasteiger partial charge is 0.383 e. The molecule has 0 spiro atoms. The van der Waals surface area contributed by atoms with Crippen molar-refractivity contribution in [2.24, 2.45) is 0 Å². The molecule has 1 aromatic carbocycles. The summed E-state index contributed by atoms with van der Waals surface area (Å²) in [6.07, 6.45) is 3.84. The minimum Gasteiger partial charge on any atom is -0.383 e. The summed E-state index contributed by atoms with van der Waals surface area (Å²) in [6, 6.07) is 4.78. The molecule has 2 rings (SSSR count). The standard InChI is InChI=1S/C18H29N3O4S/c1-14-7-8-15(18(22)20-10-9-19-11-12-25-2)13-17(14)26(23,24)21-16-5-3-4-6-16/h7-8,13,16,19,21H,3-6,9-12H2,1-2H3,(H,20,22). The minimum absolute atomic E-state index is 0.00458. The quantitative estimate of drug-likeness (QED) is 0.527. The number of aryl methyl sites for hydroxylation is 1. The Hall–Kier alpha value is -1.48. The zero-order chi connectivity index (χ0) is 19.0. The van der Waals surface area contributed by atoms with Crippen LogP contribution in [0.25, 0.3) is 0 Å². The van der Waals surface area contributed by atoms with Gasteiger partial charge >= 0.3 is 0 Å². The lowest BCUT2D eigenvalue weighted by atomic mass is 10.1. The van der Waals surface area contributed by atoms with Crippen molar-refractivity contribution < 1.29 is 17.9 Å². The molecule has 0 heterocycles. The Morgan fingerprint density at radius 3 is 2.62 bits per heavy atom. The van der Waals surface area contributed by atoms with Crippen LogP contribution in [0.3, 0.4) is 0 Å². The fourth-order valence-electron chi connectivity index (χ4n) is 3.02. The van der Waals surface area contributed by atoms with Crippen LogP contribution in [0.5, 0.6) is 0 Å². The molecule has 1 aliphatic rings. The third kappa shape index (κ3) is 6.05.